The zero-order valence-electron chi connectivity index (χ0n) is 13.7. The maximum atomic E-state index is 13.1. The van der Waals surface area contributed by atoms with Gasteiger partial charge in [0.25, 0.3) is 0 Å². The Morgan fingerprint density at radius 1 is 1.04 bits per heavy atom. The maximum Gasteiger partial charge on any atom is 0.244 e. The molecular formula is C18H25NO3S. The molecule has 23 heavy (non-hydrogen) atoms. The summed E-state index contributed by atoms with van der Waals surface area (Å²) in [5, 5.41) is 11.3. The van der Waals surface area contributed by atoms with Gasteiger partial charge < -0.3 is 5.11 Å². The predicted molar refractivity (Wildman–Crippen MR) is 88.6 cm³/mol. The summed E-state index contributed by atoms with van der Waals surface area (Å²) < 4.78 is 27.9. The number of hydrogen-bond donors (Lipinski definition) is 1. The van der Waals surface area contributed by atoms with Crippen LogP contribution < -0.4 is 0 Å². The lowest BCUT2D eigenvalue weighted by molar-refractivity contribution is -0.0414. The van der Waals surface area contributed by atoms with Gasteiger partial charge in [0.05, 0.1) is 16.0 Å². The topological polar surface area (TPSA) is 57.4 Å². The van der Waals surface area contributed by atoms with Crippen LogP contribution >= 0.6 is 0 Å². The lowest BCUT2D eigenvalue weighted by atomic mass is 9.74. The number of sulfonamides is 1. The number of aryl methyl sites for hydroxylation is 1. The Kier molecular flexibility index (Phi) is 3.42. The molecule has 0 radical (unpaired) electrons. The summed E-state index contributed by atoms with van der Waals surface area (Å²) in [4.78, 5) is 0.358. The lowest BCUT2D eigenvalue weighted by Crippen LogP contribution is -2.50. The minimum Gasteiger partial charge on any atom is -0.388 e. The SMILES string of the molecule is Cc1ccc(S(=O)(=O)N2C3CCCC32C2(O)CCCCC2)cc1. The maximum absolute atomic E-state index is 13.1. The van der Waals surface area contributed by atoms with Gasteiger partial charge in [-0.05, 0) is 51.2 Å². The van der Waals surface area contributed by atoms with Crippen LogP contribution in [0.1, 0.15) is 56.9 Å². The van der Waals surface area contributed by atoms with E-state index < -0.39 is 21.2 Å². The molecule has 1 aliphatic heterocycles. The molecule has 1 aromatic rings. The molecule has 126 valence electrons. The molecule has 0 spiro atoms. The third-order valence-electron chi connectivity index (χ3n) is 6.26. The third-order valence-corrected chi connectivity index (χ3v) is 8.23. The fraction of sp³-hybridized carbons (Fsp3) is 0.667. The van der Waals surface area contributed by atoms with Crippen molar-refractivity contribution in [3.8, 4) is 0 Å². The van der Waals surface area contributed by atoms with E-state index in [9.17, 15) is 13.5 Å². The molecular weight excluding hydrogens is 310 g/mol. The molecule has 0 bridgehead atoms. The molecule has 3 fully saturated rings. The van der Waals surface area contributed by atoms with E-state index in [-0.39, 0.29) is 6.04 Å². The average molecular weight is 335 g/mol. The fourth-order valence-corrected chi connectivity index (χ4v) is 7.17. The smallest absolute Gasteiger partial charge is 0.244 e. The van der Waals surface area contributed by atoms with Crippen LogP contribution in [0.15, 0.2) is 29.2 Å². The van der Waals surface area contributed by atoms with E-state index in [1.54, 1.807) is 16.4 Å². The van der Waals surface area contributed by atoms with Crippen LogP contribution in [-0.2, 0) is 10.0 Å². The number of piperidine rings is 1. The summed E-state index contributed by atoms with van der Waals surface area (Å²) >= 11 is 0. The van der Waals surface area contributed by atoms with E-state index >= 15 is 0 Å². The highest BCUT2D eigenvalue weighted by atomic mass is 32.2. The lowest BCUT2D eigenvalue weighted by Gasteiger charge is -2.39. The van der Waals surface area contributed by atoms with Crippen LogP contribution in [0.5, 0.6) is 0 Å². The van der Waals surface area contributed by atoms with Crippen molar-refractivity contribution in [3.63, 3.8) is 0 Å². The second-order valence-electron chi connectivity index (χ2n) is 7.54. The summed E-state index contributed by atoms with van der Waals surface area (Å²) in [6.45, 7) is 1.95. The zero-order valence-corrected chi connectivity index (χ0v) is 14.5. The highest BCUT2D eigenvalue weighted by molar-refractivity contribution is 7.89. The quantitative estimate of drug-likeness (QED) is 0.864. The largest absolute Gasteiger partial charge is 0.388 e. The number of rotatable bonds is 3. The number of nitrogens with zero attached hydrogens (tertiary/aromatic N) is 1. The Labute approximate surface area is 138 Å². The second kappa shape index (κ2) is 5.04. The highest BCUT2D eigenvalue weighted by Crippen LogP contribution is 2.64. The molecule has 2 saturated carbocycles. The van der Waals surface area contributed by atoms with Crippen molar-refractivity contribution in [2.45, 2.75) is 80.4 Å². The average Bonchev–Trinajstić information content (AvgIpc) is 3.01. The van der Waals surface area contributed by atoms with Gasteiger partial charge in [0, 0.05) is 6.04 Å². The van der Waals surface area contributed by atoms with Crippen molar-refractivity contribution < 1.29 is 13.5 Å². The van der Waals surface area contributed by atoms with E-state index in [1.165, 1.54) is 0 Å². The van der Waals surface area contributed by atoms with Gasteiger partial charge in [0.2, 0.25) is 10.0 Å². The van der Waals surface area contributed by atoms with Gasteiger partial charge in [0.15, 0.2) is 0 Å². The Hall–Kier alpha value is -0.910. The number of fused-ring (bicyclic) bond motifs is 1. The van der Waals surface area contributed by atoms with Crippen LogP contribution in [0.3, 0.4) is 0 Å². The van der Waals surface area contributed by atoms with Gasteiger partial charge in [-0.15, -0.1) is 0 Å². The minimum atomic E-state index is -3.51. The molecule has 0 aromatic heterocycles. The molecule has 0 amide bonds. The standard InChI is InChI=1S/C18H25NO3S/c1-14-7-9-15(10-8-14)23(21,22)19-16-6-5-13-18(16,19)17(20)11-3-2-4-12-17/h7-10,16,20H,2-6,11-13H2,1H3. The van der Waals surface area contributed by atoms with Gasteiger partial charge >= 0.3 is 0 Å². The Morgan fingerprint density at radius 2 is 1.70 bits per heavy atom. The minimum absolute atomic E-state index is 0.00287. The summed E-state index contributed by atoms with van der Waals surface area (Å²) in [6.07, 6.45) is 7.34. The Bertz CT molecular complexity index is 706. The summed E-state index contributed by atoms with van der Waals surface area (Å²) in [7, 11) is -3.51. The summed E-state index contributed by atoms with van der Waals surface area (Å²) in [5.41, 5.74) is -0.308. The molecule has 3 unspecified atom stereocenters. The normalized spacial score (nSPS) is 35.7. The van der Waals surface area contributed by atoms with E-state index in [4.69, 9.17) is 0 Å². The first kappa shape index (κ1) is 15.6. The van der Waals surface area contributed by atoms with Crippen molar-refractivity contribution in [2.24, 2.45) is 0 Å². The van der Waals surface area contributed by atoms with Crippen LogP contribution in [0.4, 0.5) is 0 Å². The van der Waals surface area contributed by atoms with Crippen LogP contribution in [0.25, 0.3) is 0 Å². The fourth-order valence-electron chi connectivity index (χ4n) is 5.09. The molecule has 1 aromatic carbocycles. The molecule has 2 aliphatic carbocycles. The van der Waals surface area contributed by atoms with E-state index in [1.807, 2.05) is 19.1 Å². The molecule has 5 heteroatoms. The predicted octanol–water partition coefficient (Wildman–Crippen LogP) is 2.99. The molecule has 1 N–H and O–H groups in total. The van der Waals surface area contributed by atoms with Gasteiger partial charge in [-0.25, -0.2) is 8.42 Å². The Morgan fingerprint density at radius 3 is 2.35 bits per heavy atom. The monoisotopic (exact) mass is 335 g/mol. The van der Waals surface area contributed by atoms with Gasteiger partial charge in [-0.1, -0.05) is 37.0 Å². The highest BCUT2D eigenvalue weighted by Gasteiger charge is 2.77. The molecule has 1 heterocycles. The molecule has 3 aliphatic rings. The third kappa shape index (κ3) is 2.06. The molecule has 4 rings (SSSR count). The number of benzene rings is 1. The van der Waals surface area contributed by atoms with Crippen LogP contribution in [0, 0.1) is 6.92 Å². The van der Waals surface area contributed by atoms with E-state index in [2.05, 4.69) is 0 Å². The zero-order chi connectivity index (χ0) is 16.3. The van der Waals surface area contributed by atoms with Crippen molar-refractivity contribution in [1.82, 2.24) is 4.31 Å². The van der Waals surface area contributed by atoms with Crippen molar-refractivity contribution in [3.05, 3.63) is 29.8 Å². The van der Waals surface area contributed by atoms with E-state index in [0.717, 1.165) is 56.9 Å². The number of hydrogen-bond acceptors (Lipinski definition) is 3. The summed E-state index contributed by atoms with van der Waals surface area (Å²) in [6, 6.07) is 7.06. The van der Waals surface area contributed by atoms with Gasteiger partial charge in [0.1, 0.15) is 0 Å². The summed E-state index contributed by atoms with van der Waals surface area (Å²) in [5.74, 6) is 0. The van der Waals surface area contributed by atoms with Crippen molar-refractivity contribution in [2.75, 3.05) is 0 Å². The second-order valence-corrected chi connectivity index (χ2v) is 9.35. The van der Waals surface area contributed by atoms with Crippen LogP contribution in [-0.4, -0.2) is 35.0 Å². The number of aliphatic hydroxyl groups is 1. The van der Waals surface area contributed by atoms with Crippen LogP contribution in [0.2, 0.25) is 0 Å². The molecule has 4 nitrogen and oxygen atoms in total. The van der Waals surface area contributed by atoms with Crippen molar-refractivity contribution >= 4 is 10.0 Å². The first-order valence-electron chi connectivity index (χ1n) is 8.75. The molecule has 3 atom stereocenters. The first-order chi connectivity index (χ1) is 10.9. The Balaban J connectivity index is 1.71. The van der Waals surface area contributed by atoms with E-state index in [0.29, 0.717) is 4.90 Å². The van der Waals surface area contributed by atoms with Gasteiger partial charge in [-0.3, -0.25) is 0 Å². The van der Waals surface area contributed by atoms with Gasteiger partial charge in [-0.2, -0.15) is 4.31 Å². The molecule has 1 saturated heterocycles. The van der Waals surface area contributed by atoms with Crippen molar-refractivity contribution in [1.29, 1.82) is 0 Å². The first-order valence-corrected chi connectivity index (χ1v) is 10.2.